The summed E-state index contributed by atoms with van der Waals surface area (Å²) in [6.07, 6.45) is 0. The topological polar surface area (TPSA) is 37.8 Å². The minimum atomic E-state index is 0. The molecule has 1 aromatic heterocycles. The number of hydrogen-bond acceptors (Lipinski definition) is 4. The fourth-order valence-corrected chi connectivity index (χ4v) is 1.72. The molecule has 1 heterocycles. The van der Waals surface area contributed by atoms with Crippen molar-refractivity contribution in [2.75, 3.05) is 12.4 Å². The maximum atomic E-state index is 4.06. The Bertz CT molecular complexity index is 388. The summed E-state index contributed by atoms with van der Waals surface area (Å²) in [4.78, 5) is 0. The third-order valence-corrected chi connectivity index (χ3v) is 2.65. The quantitative estimate of drug-likeness (QED) is 0.857. The molecule has 2 aromatic rings. The zero-order valence-corrected chi connectivity index (χ0v) is 9.23. The van der Waals surface area contributed by atoms with Crippen molar-refractivity contribution < 1.29 is 0 Å². The molecule has 14 heavy (non-hydrogen) atoms. The van der Waals surface area contributed by atoms with Gasteiger partial charge in [-0.15, -0.1) is 22.6 Å². The molecule has 0 bridgehead atoms. The largest absolute Gasteiger partial charge is 0.363 e. The van der Waals surface area contributed by atoms with Gasteiger partial charge in [0.2, 0.25) is 5.13 Å². The van der Waals surface area contributed by atoms with Crippen molar-refractivity contribution in [1.82, 2.24) is 10.2 Å². The van der Waals surface area contributed by atoms with Gasteiger partial charge in [0.25, 0.3) is 0 Å². The normalized spacial score (nSPS) is 9.21. The lowest BCUT2D eigenvalue weighted by Crippen LogP contribution is -1.84. The summed E-state index contributed by atoms with van der Waals surface area (Å²) in [6, 6.07) is 10.0. The van der Waals surface area contributed by atoms with E-state index < -0.39 is 0 Å². The smallest absolute Gasteiger partial charge is 0.205 e. The molecule has 0 saturated heterocycles. The standard InChI is InChI=1S/C9H9N3S.ClH/c1-10-9-12-11-8(13-9)7-5-3-2-4-6-7;/h2-6H,1H3,(H,10,12);1H. The highest BCUT2D eigenvalue weighted by molar-refractivity contribution is 7.18. The van der Waals surface area contributed by atoms with Crippen LogP contribution in [0.3, 0.4) is 0 Å². The molecular weight excluding hydrogens is 218 g/mol. The van der Waals surface area contributed by atoms with Crippen LogP contribution in [0, 0.1) is 0 Å². The van der Waals surface area contributed by atoms with Crippen LogP contribution in [0.15, 0.2) is 30.3 Å². The second-order valence-corrected chi connectivity index (χ2v) is 3.51. The molecule has 2 rings (SSSR count). The molecule has 0 aliphatic rings. The van der Waals surface area contributed by atoms with Gasteiger partial charge in [-0.1, -0.05) is 41.7 Å². The Kier molecular flexibility index (Phi) is 3.85. The van der Waals surface area contributed by atoms with Crippen LogP contribution in [-0.4, -0.2) is 17.2 Å². The Morgan fingerprint density at radius 2 is 1.86 bits per heavy atom. The van der Waals surface area contributed by atoms with Gasteiger partial charge < -0.3 is 5.32 Å². The van der Waals surface area contributed by atoms with E-state index in [2.05, 4.69) is 15.5 Å². The van der Waals surface area contributed by atoms with Crippen LogP contribution in [0.4, 0.5) is 5.13 Å². The Balaban J connectivity index is 0.000000980. The van der Waals surface area contributed by atoms with E-state index in [0.717, 1.165) is 15.7 Å². The van der Waals surface area contributed by atoms with Crippen LogP contribution in [0.25, 0.3) is 10.6 Å². The van der Waals surface area contributed by atoms with Crippen molar-refractivity contribution in [3.63, 3.8) is 0 Å². The van der Waals surface area contributed by atoms with E-state index in [4.69, 9.17) is 0 Å². The summed E-state index contributed by atoms with van der Waals surface area (Å²) >= 11 is 1.55. The van der Waals surface area contributed by atoms with Crippen molar-refractivity contribution in [3.05, 3.63) is 30.3 Å². The van der Waals surface area contributed by atoms with Crippen molar-refractivity contribution >= 4 is 28.9 Å². The molecule has 1 N–H and O–H groups in total. The number of benzene rings is 1. The zero-order chi connectivity index (χ0) is 9.10. The summed E-state index contributed by atoms with van der Waals surface area (Å²) in [5, 5.41) is 12.8. The highest BCUT2D eigenvalue weighted by atomic mass is 35.5. The van der Waals surface area contributed by atoms with Crippen molar-refractivity contribution in [3.8, 4) is 10.6 Å². The maximum absolute atomic E-state index is 4.06. The summed E-state index contributed by atoms with van der Waals surface area (Å²) < 4.78 is 0. The average Bonchev–Trinajstić information content (AvgIpc) is 2.67. The van der Waals surface area contributed by atoms with Gasteiger partial charge in [0.15, 0.2) is 0 Å². The van der Waals surface area contributed by atoms with E-state index in [9.17, 15) is 0 Å². The van der Waals surface area contributed by atoms with Gasteiger partial charge in [-0.2, -0.15) is 0 Å². The molecule has 3 nitrogen and oxygen atoms in total. The summed E-state index contributed by atoms with van der Waals surface area (Å²) in [6.45, 7) is 0. The van der Waals surface area contributed by atoms with Gasteiger partial charge in [0.05, 0.1) is 0 Å². The first kappa shape index (κ1) is 10.9. The van der Waals surface area contributed by atoms with E-state index in [-0.39, 0.29) is 12.4 Å². The first-order chi connectivity index (χ1) is 6.40. The van der Waals surface area contributed by atoms with Gasteiger partial charge >= 0.3 is 0 Å². The number of aromatic nitrogens is 2. The van der Waals surface area contributed by atoms with Crippen LogP contribution in [-0.2, 0) is 0 Å². The van der Waals surface area contributed by atoms with Crippen LogP contribution in [0.1, 0.15) is 0 Å². The summed E-state index contributed by atoms with van der Waals surface area (Å²) in [5.74, 6) is 0. The number of nitrogens with zero attached hydrogens (tertiary/aromatic N) is 2. The monoisotopic (exact) mass is 227 g/mol. The number of nitrogens with one attached hydrogen (secondary N) is 1. The molecule has 74 valence electrons. The number of halogens is 1. The first-order valence-corrected chi connectivity index (χ1v) is 4.78. The minimum Gasteiger partial charge on any atom is -0.363 e. The van der Waals surface area contributed by atoms with Crippen molar-refractivity contribution in [1.29, 1.82) is 0 Å². The fraction of sp³-hybridized carbons (Fsp3) is 0.111. The second kappa shape index (κ2) is 4.93. The minimum absolute atomic E-state index is 0. The predicted octanol–water partition coefficient (Wildman–Crippen LogP) is 2.67. The van der Waals surface area contributed by atoms with Gasteiger partial charge in [0, 0.05) is 12.6 Å². The molecule has 0 saturated carbocycles. The fourth-order valence-electron chi connectivity index (χ4n) is 1.02. The molecule has 1 aromatic carbocycles. The molecule has 0 aliphatic heterocycles. The Morgan fingerprint density at radius 1 is 1.14 bits per heavy atom. The highest BCUT2D eigenvalue weighted by Crippen LogP contribution is 2.25. The maximum Gasteiger partial charge on any atom is 0.205 e. The third kappa shape index (κ3) is 2.21. The molecule has 0 atom stereocenters. The van der Waals surface area contributed by atoms with E-state index in [0.29, 0.717) is 0 Å². The van der Waals surface area contributed by atoms with E-state index >= 15 is 0 Å². The van der Waals surface area contributed by atoms with E-state index in [1.165, 1.54) is 0 Å². The van der Waals surface area contributed by atoms with E-state index in [1.807, 2.05) is 37.4 Å². The van der Waals surface area contributed by atoms with Gasteiger partial charge in [-0.25, -0.2) is 0 Å². The van der Waals surface area contributed by atoms with Crippen LogP contribution in [0.2, 0.25) is 0 Å². The summed E-state index contributed by atoms with van der Waals surface area (Å²) in [7, 11) is 1.84. The van der Waals surface area contributed by atoms with Gasteiger partial charge in [-0.05, 0) is 0 Å². The summed E-state index contributed by atoms with van der Waals surface area (Å²) in [5.41, 5.74) is 1.11. The van der Waals surface area contributed by atoms with E-state index in [1.54, 1.807) is 11.3 Å². The third-order valence-electron chi connectivity index (χ3n) is 1.66. The molecule has 0 spiro atoms. The highest BCUT2D eigenvalue weighted by Gasteiger charge is 2.03. The number of hydrogen-bond donors (Lipinski definition) is 1. The molecule has 5 heteroatoms. The molecule has 0 radical (unpaired) electrons. The first-order valence-electron chi connectivity index (χ1n) is 3.97. The predicted molar refractivity (Wildman–Crippen MR) is 62.1 cm³/mol. The van der Waals surface area contributed by atoms with Crippen LogP contribution >= 0.6 is 23.7 Å². The SMILES string of the molecule is CNc1nnc(-c2ccccc2)s1.Cl. The number of anilines is 1. The van der Waals surface area contributed by atoms with Crippen molar-refractivity contribution in [2.45, 2.75) is 0 Å². The molecular formula is C9H10ClN3S. The zero-order valence-electron chi connectivity index (χ0n) is 7.60. The Morgan fingerprint density at radius 3 is 2.43 bits per heavy atom. The van der Waals surface area contributed by atoms with Gasteiger partial charge in [-0.3, -0.25) is 0 Å². The van der Waals surface area contributed by atoms with Crippen LogP contribution < -0.4 is 5.32 Å². The lowest BCUT2D eigenvalue weighted by Gasteiger charge is -1.91. The molecule has 0 amide bonds. The molecule has 0 unspecified atom stereocenters. The number of rotatable bonds is 2. The van der Waals surface area contributed by atoms with Crippen LogP contribution in [0.5, 0.6) is 0 Å². The lowest BCUT2D eigenvalue weighted by atomic mass is 10.2. The Hall–Kier alpha value is -1.13. The molecule has 0 aliphatic carbocycles. The second-order valence-electron chi connectivity index (χ2n) is 2.53. The average molecular weight is 228 g/mol. The lowest BCUT2D eigenvalue weighted by molar-refractivity contribution is 1.09. The Labute approximate surface area is 92.6 Å². The molecule has 0 fully saturated rings. The van der Waals surface area contributed by atoms with Gasteiger partial charge in [0.1, 0.15) is 5.01 Å². The van der Waals surface area contributed by atoms with Crippen molar-refractivity contribution in [2.24, 2.45) is 0 Å².